The van der Waals surface area contributed by atoms with E-state index in [4.69, 9.17) is 9.26 Å². The Labute approximate surface area is 295 Å². The second-order valence-electron chi connectivity index (χ2n) is 15.5. The normalized spacial score (nSPS) is 30.6. The fraction of sp³-hybridized carbons (Fsp3) is 0.789. The number of rotatable bonds is 17. The summed E-state index contributed by atoms with van der Waals surface area (Å²) >= 11 is 0. The molecule has 1 aromatic rings. The molecule has 262 valence electrons. The maximum absolute atomic E-state index is 11.6. The quantitative estimate of drug-likeness (QED) is 0.0694. The van der Waals surface area contributed by atoms with Crippen molar-refractivity contribution in [1.82, 2.24) is 9.57 Å². The summed E-state index contributed by atoms with van der Waals surface area (Å²) in [5.74, 6) is 6.23. The van der Waals surface area contributed by atoms with E-state index >= 15 is 0 Å². The molecule has 0 radical (unpaired) electrons. The lowest BCUT2D eigenvalue weighted by atomic mass is 9.55. The minimum absolute atomic E-state index is 0.272. The Morgan fingerprint density at radius 1 is 1.11 bits per heavy atom. The van der Waals surface area contributed by atoms with Gasteiger partial charge in [-0.3, -0.25) is 9.46 Å². The van der Waals surface area contributed by atoms with Crippen molar-refractivity contribution in [3.05, 3.63) is 29.3 Å². The van der Waals surface area contributed by atoms with Gasteiger partial charge >= 0.3 is 0 Å². The molecule has 0 heterocycles. The van der Waals surface area contributed by atoms with Gasteiger partial charge in [-0.25, -0.2) is 0 Å². The van der Waals surface area contributed by atoms with Crippen LogP contribution >= 0.6 is 29.9 Å². The number of carbonyl (C=O) groups is 1. The van der Waals surface area contributed by atoms with Crippen molar-refractivity contribution in [2.75, 3.05) is 31.3 Å². The maximum atomic E-state index is 11.6. The number of benzene rings is 1. The summed E-state index contributed by atoms with van der Waals surface area (Å²) in [4.78, 5) is 13.5. The van der Waals surface area contributed by atoms with Crippen molar-refractivity contribution in [1.29, 1.82) is 5.26 Å². The van der Waals surface area contributed by atoms with E-state index in [1.807, 2.05) is 33.5 Å². The van der Waals surface area contributed by atoms with Crippen molar-refractivity contribution in [2.24, 2.45) is 23.2 Å². The molecule has 8 atom stereocenters. The smallest absolute Gasteiger partial charge is 0.209 e. The Morgan fingerprint density at radius 3 is 2.66 bits per heavy atom. The van der Waals surface area contributed by atoms with Gasteiger partial charge in [0.05, 0.1) is 18.8 Å². The zero-order chi connectivity index (χ0) is 33.6. The zero-order valence-electron chi connectivity index (χ0n) is 29.9. The molecule has 4 aliphatic carbocycles. The summed E-state index contributed by atoms with van der Waals surface area (Å²) in [6.07, 6.45) is 14.8. The van der Waals surface area contributed by atoms with E-state index in [1.165, 1.54) is 43.4 Å². The SMILES string of the molecule is CC(C)N(C(C)C)P(CCC#N)O[C@@H]1CCC(CSSCCCOc2ccc3c(c2)CCC2C3CCC3(C)C2CCC3N(C)C=O)C1. The third-order valence-electron chi connectivity index (χ3n) is 11.8. The molecule has 5 rings (SSSR count). The first kappa shape index (κ1) is 37.3. The molecule has 0 saturated heterocycles. The fourth-order valence-corrected chi connectivity index (χ4v) is 14.6. The fourth-order valence-electron chi connectivity index (χ4n) is 9.80. The lowest BCUT2D eigenvalue weighted by Gasteiger charge is -2.51. The summed E-state index contributed by atoms with van der Waals surface area (Å²) in [5.41, 5.74) is 3.35. The Hall–Kier alpha value is -0.970. The van der Waals surface area contributed by atoms with Gasteiger partial charge in [0, 0.05) is 49.3 Å². The lowest BCUT2D eigenvalue weighted by molar-refractivity contribution is -0.122. The average Bonchev–Trinajstić information content (AvgIpc) is 3.65. The standard InChI is InChI=1S/C38H60N3O3PS2/c1-27(2)41(28(3)4)45(21-7-19-39)44-32-11-9-29(23-32)25-47-46-22-8-20-43-31-12-14-33-30(24-31)10-13-35-34(33)17-18-38(5)36(35)15-16-37(38)40(6)26-42/h12,14,24,26-29,32,34-37H,7-11,13,15-18,20-23,25H2,1-6H3/t29?,32-,34?,35?,36?,37?,38?,45?/m1/s1. The molecular weight excluding hydrogens is 642 g/mol. The van der Waals surface area contributed by atoms with Crippen LogP contribution in [0.5, 0.6) is 5.75 Å². The monoisotopic (exact) mass is 701 g/mol. The average molecular weight is 702 g/mol. The Morgan fingerprint density at radius 2 is 1.91 bits per heavy atom. The van der Waals surface area contributed by atoms with Gasteiger partial charge < -0.3 is 14.2 Å². The molecule has 0 spiro atoms. The Bertz CT molecular complexity index is 1210. The molecule has 3 saturated carbocycles. The highest BCUT2D eigenvalue weighted by molar-refractivity contribution is 8.76. The second-order valence-corrected chi connectivity index (χ2v) is 19.9. The third-order valence-corrected chi connectivity index (χ3v) is 17.1. The molecule has 1 amide bonds. The number of nitriles is 1. The summed E-state index contributed by atoms with van der Waals surface area (Å²) in [6, 6.07) is 10.6. The number of hydrogen-bond acceptors (Lipinski definition) is 7. The zero-order valence-corrected chi connectivity index (χ0v) is 32.4. The van der Waals surface area contributed by atoms with Gasteiger partial charge in [0.25, 0.3) is 0 Å². The van der Waals surface area contributed by atoms with Gasteiger partial charge in [-0.05, 0) is 144 Å². The van der Waals surface area contributed by atoms with Crippen molar-refractivity contribution in [3.63, 3.8) is 0 Å². The van der Waals surface area contributed by atoms with E-state index in [2.05, 4.69) is 63.6 Å². The molecule has 0 bridgehead atoms. The summed E-state index contributed by atoms with van der Waals surface area (Å²) in [6.45, 7) is 12.2. The topological polar surface area (TPSA) is 65.8 Å². The Balaban J connectivity index is 0.995. The molecule has 9 heteroatoms. The number of fused-ring (bicyclic) bond motifs is 5. The molecule has 0 aliphatic heterocycles. The van der Waals surface area contributed by atoms with Gasteiger partial charge in [-0.2, -0.15) is 5.26 Å². The molecule has 0 aromatic heterocycles. The van der Waals surface area contributed by atoms with E-state index in [0.29, 0.717) is 36.6 Å². The highest BCUT2D eigenvalue weighted by Crippen LogP contribution is 2.61. The maximum Gasteiger partial charge on any atom is 0.209 e. The summed E-state index contributed by atoms with van der Waals surface area (Å²) in [5, 5.41) is 9.21. The second kappa shape index (κ2) is 17.3. The number of hydrogen-bond donors (Lipinski definition) is 0. The first-order valence-corrected chi connectivity index (χ1v) is 22.3. The van der Waals surface area contributed by atoms with Crippen LogP contribution < -0.4 is 4.74 Å². The van der Waals surface area contributed by atoms with Crippen molar-refractivity contribution >= 4 is 36.3 Å². The Kier molecular flexibility index (Phi) is 13.7. The molecule has 7 unspecified atom stereocenters. The largest absolute Gasteiger partial charge is 0.494 e. The van der Waals surface area contributed by atoms with Crippen molar-refractivity contribution in [3.8, 4) is 11.8 Å². The van der Waals surface area contributed by atoms with Crippen molar-refractivity contribution in [2.45, 2.75) is 135 Å². The van der Waals surface area contributed by atoms with Crippen LogP contribution in [0.1, 0.15) is 116 Å². The van der Waals surface area contributed by atoms with E-state index in [0.717, 1.165) is 80.5 Å². The highest BCUT2D eigenvalue weighted by Gasteiger charge is 2.55. The molecular formula is C38H60N3O3PS2. The minimum Gasteiger partial charge on any atom is -0.494 e. The van der Waals surface area contributed by atoms with E-state index in [-0.39, 0.29) is 5.41 Å². The highest BCUT2D eigenvalue weighted by atomic mass is 33.1. The van der Waals surface area contributed by atoms with Crippen LogP contribution in [0.15, 0.2) is 18.2 Å². The predicted molar refractivity (Wildman–Crippen MR) is 200 cm³/mol. The first-order valence-electron chi connectivity index (χ1n) is 18.4. The number of carbonyl (C=O) groups excluding carboxylic acids is 1. The van der Waals surface area contributed by atoms with Gasteiger partial charge in [-0.1, -0.05) is 34.6 Å². The molecule has 1 aromatic carbocycles. The molecule has 47 heavy (non-hydrogen) atoms. The van der Waals surface area contributed by atoms with Gasteiger partial charge in [0.15, 0.2) is 0 Å². The number of ether oxygens (including phenoxy) is 1. The molecule has 0 N–H and O–H groups in total. The van der Waals surface area contributed by atoms with Crippen LogP contribution in [0.25, 0.3) is 0 Å². The van der Waals surface area contributed by atoms with Crippen molar-refractivity contribution < 1.29 is 14.1 Å². The van der Waals surface area contributed by atoms with E-state index < -0.39 is 8.30 Å². The first-order chi connectivity index (χ1) is 22.7. The van der Waals surface area contributed by atoms with E-state index in [9.17, 15) is 10.1 Å². The number of nitrogens with zero attached hydrogens (tertiary/aromatic N) is 3. The number of amides is 1. The minimum atomic E-state index is -0.722. The van der Waals surface area contributed by atoms with Gasteiger partial charge in [0.1, 0.15) is 14.0 Å². The van der Waals surface area contributed by atoms with Gasteiger partial charge in [-0.15, -0.1) is 0 Å². The predicted octanol–water partition coefficient (Wildman–Crippen LogP) is 9.68. The van der Waals surface area contributed by atoms with Crippen LogP contribution in [-0.4, -0.2) is 71.5 Å². The third kappa shape index (κ3) is 8.86. The van der Waals surface area contributed by atoms with Crippen LogP contribution in [0.2, 0.25) is 0 Å². The van der Waals surface area contributed by atoms with Crippen LogP contribution in [0.3, 0.4) is 0 Å². The van der Waals surface area contributed by atoms with Crippen LogP contribution in [0.4, 0.5) is 0 Å². The van der Waals surface area contributed by atoms with Crippen LogP contribution in [-0.2, 0) is 15.7 Å². The molecule has 6 nitrogen and oxygen atoms in total. The van der Waals surface area contributed by atoms with Gasteiger partial charge in [0.2, 0.25) is 6.41 Å². The van der Waals surface area contributed by atoms with E-state index in [1.54, 1.807) is 5.56 Å². The molecule has 4 aliphatic rings. The number of aryl methyl sites for hydroxylation is 1. The molecule has 3 fully saturated rings. The lowest BCUT2D eigenvalue weighted by Crippen LogP contribution is -2.48. The summed E-state index contributed by atoms with van der Waals surface area (Å²) in [7, 11) is 5.28. The summed E-state index contributed by atoms with van der Waals surface area (Å²) < 4.78 is 15.5. The van der Waals surface area contributed by atoms with Crippen LogP contribution in [0, 0.1) is 34.5 Å².